The van der Waals surface area contributed by atoms with Crippen molar-refractivity contribution in [2.75, 3.05) is 6.61 Å². The molecule has 3 aliphatic carbocycles. The van der Waals surface area contributed by atoms with Gasteiger partial charge in [-0.15, -0.1) is 0 Å². The highest BCUT2D eigenvalue weighted by atomic mass is 16.5. The van der Waals surface area contributed by atoms with Gasteiger partial charge in [0.1, 0.15) is 0 Å². The van der Waals surface area contributed by atoms with Crippen LogP contribution < -0.4 is 5.32 Å². The third-order valence-corrected chi connectivity index (χ3v) is 6.47. The van der Waals surface area contributed by atoms with Crippen molar-refractivity contribution in [1.29, 1.82) is 5.41 Å². The molecule has 0 radical (unpaired) electrons. The summed E-state index contributed by atoms with van der Waals surface area (Å²) in [6.45, 7) is 3.39. The molecule has 124 valence electrons. The van der Waals surface area contributed by atoms with Crippen LogP contribution in [0.3, 0.4) is 0 Å². The molecule has 2 N–H and O–H groups in total. The molecule has 5 atom stereocenters. The number of ether oxygens (including phenoxy) is 1. The van der Waals surface area contributed by atoms with Crippen molar-refractivity contribution < 1.29 is 4.74 Å². The van der Waals surface area contributed by atoms with Gasteiger partial charge in [-0.2, -0.15) is 0 Å². The first-order valence-electron chi connectivity index (χ1n) is 9.30. The molecule has 1 aromatic carbocycles. The summed E-state index contributed by atoms with van der Waals surface area (Å²) in [4.78, 5) is 0. The molecule has 23 heavy (non-hydrogen) atoms. The van der Waals surface area contributed by atoms with E-state index in [0.29, 0.717) is 12.6 Å². The van der Waals surface area contributed by atoms with E-state index >= 15 is 0 Å². The summed E-state index contributed by atoms with van der Waals surface area (Å²) in [5.74, 6) is 4.29. The molecule has 0 aliphatic heterocycles. The third kappa shape index (κ3) is 2.80. The van der Waals surface area contributed by atoms with E-state index in [4.69, 9.17) is 10.1 Å². The number of hydrogen-bond acceptors (Lipinski definition) is 3. The van der Waals surface area contributed by atoms with E-state index in [9.17, 15) is 0 Å². The molecule has 3 nitrogen and oxygen atoms in total. The first kappa shape index (κ1) is 15.2. The normalized spacial score (nSPS) is 34.6. The second-order valence-corrected chi connectivity index (χ2v) is 7.60. The number of rotatable bonds is 5. The van der Waals surface area contributed by atoms with Gasteiger partial charge in [-0.25, -0.2) is 0 Å². The fourth-order valence-electron chi connectivity index (χ4n) is 5.60. The van der Waals surface area contributed by atoms with Crippen LogP contribution in [0.2, 0.25) is 0 Å². The molecule has 0 spiro atoms. The van der Waals surface area contributed by atoms with Crippen molar-refractivity contribution in [3.63, 3.8) is 0 Å². The van der Waals surface area contributed by atoms with E-state index in [-0.39, 0.29) is 5.90 Å². The molecule has 5 unspecified atom stereocenters. The molecule has 0 amide bonds. The Morgan fingerprint density at radius 1 is 1.22 bits per heavy atom. The van der Waals surface area contributed by atoms with E-state index in [2.05, 4.69) is 17.4 Å². The van der Waals surface area contributed by atoms with Crippen LogP contribution in [0, 0.1) is 29.1 Å². The van der Waals surface area contributed by atoms with Crippen LogP contribution >= 0.6 is 0 Å². The molecule has 3 aliphatic rings. The van der Waals surface area contributed by atoms with Crippen LogP contribution in [0.4, 0.5) is 0 Å². The molecular weight excluding hydrogens is 284 g/mol. The largest absolute Gasteiger partial charge is 0.478 e. The number of fused-ring (bicyclic) bond motifs is 5. The Bertz CT molecular complexity index is 585. The van der Waals surface area contributed by atoms with Gasteiger partial charge >= 0.3 is 0 Å². The van der Waals surface area contributed by atoms with E-state index in [1.54, 1.807) is 0 Å². The Balaban J connectivity index is 1.37. The minimum Gasteiger partial charge on any atom is -0.478 e. The zero-order valence-corrected chi connectivity index (χ0v) is 14.1. The lowest BCUT2D eigenvalue weighted by Crippen LogP contribution is -2.38. The SMILES string of the molecule is CCOC(=N)c1cccc(CNC2CC3CC2C2CCCC32)c1. The summed E-state index contributed by atoms with van der Waals surface area (Å²) >= 11 is 0. The van der Waals surface area contributed by atoms with Crippen LogP contribution in [0.25, 0.3) is 0 Å². The van der Waals surface area contributed by atoms with Crippen LogP contribution in [-0.2, 0) is 11.3 Å². The van der Waals surface area contributed by atoms with Gasteiger partial charge in [-0.05, 0) is 74.0 Å². The lowest BCUT2D eigenvalue weighted by Gasteiger charge is -2.32. The first-order chi connectivity index (χ1) is 11.3. The first-order valence-corrected chi connectivity index (χ1v) is 9.30. The summed E-state index contributed by atoms with van der Waals surface area (Å²) < 4.78 is 5.31. The van der Waals surface area contributed by atoms with Crippen molar-refractivity contribution in [3.8, 4) is 0 Å². The Hall–Kier alpha value is -1.35. The predicted molar refractivity (Wildman–Crippen MR) is 92.6 cm³/mol. The fraction of sp³-hybridized carbons (Fsp3) is 0.650. The van der Waals surface area contributed by atoms with E-state index < -0.39 is 0 Å². The summed E-state index contributed by atoms with van der Waals surface area (Å²) in [5.41, 5.74) is 2.15. The van der Waals surface area contributed by atoms with Crippen molar-refractivity contribution in [3.05, 3.63) is 35.4 Å². The van der Waals surface area contributed by atoms with Gasteiger partial charge in [0, 0.05) is 18.2 Å². The maximum absolute atomic E-state index is 7.93. The zero-order chi connectivity index (χ0) is 15.8. The molecule has 4 rings (SSSR count). The van der Waals surface area contributed by atoms with Gasteiger partial charge in [-0.1, -0.05) is 18.6 Å². The second kappa shape index (κ2) is 6.27. The minimum atomic E-state index is 0.281. The lowest BCUT2D eigenvalue weighted by molar-refractivity contribution is 0.208. The Morgan fingerprint density at radius 3 is 2.96 bits per heavy atom. The van der Waals surface area contributed by atoms with Crippen LogP contribution in [0.1, 0.15) is 50.2 Å². The molecule has 0 aromatic heterocycles. The van der Waals surface area contributed by atoms with Gasteiger partial charge < -0.3 is 10.1 Å². The molecule has 1 aromatic rings. The average Bonchev–Trinajstić information content (AvgIpc) is 3.26. The summed E-state index contributed by atoms with van der Waals surface area (Å²) in [6, 6.07) is 8.96. The monoisotopic (exact) mass is 312 g/mol. The lowest BCUT2D eigenvalue weighted by atomic mass is 9.79. The van der Waals surface area contributed by atoms with Crippen LogP contribution in [-0.4, -0.2) is 18.5 Å². The van der Waals surface area contributed by atoms with Gasteiger partial charge in [-0.3, -0.25) is 5.41 Å². The Labute approximate surface area is 139 Å². The highest BCUT2D eigenvalue weighted by molar-refractivity contribution is 5.91. The van der Waals surface area contributed by atoms with Crippen molar-refractivity contribution in [2.45, 2.75) is 51.6 Å². The van der Waals surface area contributed by atoms with E-state index in [0.717, 1.165) is 35.8 Å². The van der Waals surface area contributed by atoms with Crippen LogP contribution in [0.5, 0.6) is 0 Å². The van der Waals surface area contributed by atoms with Gasteiger partial charge in [0.05, 0.1) is 6.61 Å². The van der Waals surface area contributed by atoms with Crippen LogP contribution in [0.15, 0.2) is 24.3 Å². The van der Waals surface area contributed by atoms with Crippen molar-refractivity contribution in [2.24, 2.45) is 23.7 Å². The molecule has 3 fully saturated rings. The Kier molecular flexibility index (Phi) is 4.14. The molecule has 2 bridgehead atoms. The van der Waals surface area contributed by atoms with Crippen molar-refractivity contribution in [1.82, 2.24) is 5.32 Å². The number of benzene rings is 1. The summed E-state index contributed by atoms with van der Waals surface area (Å²) in [5, 5.41) is 11.8. The predicted octanol–water partition coefficient (Wildman–Crippen LogP) is 3.96. The molecule has 0 heterocycles. The molecular formula is C20H28N2O. The zero-order valence-electron chi connectivity index (χ0n) is 14.1. The quantitative estimate of drug-likeness (QED) is 0.638. The van der Waals surface area contributed by atoms with Gasteiger partial charge in [0.25, 0.3) is 0 Å². The maximum Gasteiger partial charge on any atom is 0.213 e. The second-order valence-electron chi connectivity index (χ2n) is 7.60. The molecule has 0 saturated heterocycles. The fourth-order valence-corrected chi connectivity index (χ4v) is 5.60. The molecule has 3 saturated carbocycles. The Morgan fingerprint density at radius 2 is 2.09 bits per heavy atom. The minimum absolute atomic E-state index is 0.281. The van der Waals surface area contributed by atoms with Crippen molar-refractivity contribution >= 4 is 5.90 Å². The summed E-state index contributed by atoms with van der Waals surface area (Å²) in [6.07, 6.45) is 7.31. The van der Waals surface area contributed by atoms with Gasteiger partial charge in [0.2, 0.25) is 5.90 Å². The third-order valence-electron chi connectivity index (χ3n) is 6.47. The van der Waals surface area contributed by atoms with E-state index in [1.807, 2.05) is 19.1 Å². The topological polar surface area (TPSA) is 45.1 Å². The molecule has 3 heteroatoms. The van der Waals surface area contributed by atoms with Gasteiger partial charge in [0.15, 0.2) is 0 Å². The highest BCUT2D eigenvalue weighted by Gasteiger charge is 2.53. The number of nitrogens with one attached hydrogen (secondary N) is 2. The number of hydrogen-bond donors (Lipinski definition) is 2. The standard InChI is InChI=1S/C20H28N2O/c1-2-23-20(21)14-6-3-5-13(9-14)12-22-19-11-15-10-18(19)17-8-4-7-16(15)17/h3,5-6,9,15-19,21-22H,2,4,7-8,10-12H2,1H3. The highest BCUT2D eigenvalue weighted by Crippen LogP contribution is 2.58. The average molecular weight is 312 g/mol. The van der Waals surface area contributed by atoms with E-state index in [1.165, 1.54) is 37.7 Å². The smallest absolute Gasteiger partial charge is 0.213 e. The summed E-state index contributed by atoms with van der Waals surface area (Å²) in [7, 11) is 0. The maximum atomic E-state index is 7.93.